The number of hydrogen-bond donors (Lipinski definition) is 1. The van der Waals surface area contributed by atoms with Gasteiger partial charge < -0.3 is 9.64 Å². The lowest BCUT2D eigenvalue weighted by atomic mass is 9.97. The van der Waals surface area contributed by atoms with Crippen LogP contribution in [0.4, 0.5) is 10.2 Å². The number of hydrogen-bond acceptors (Lipinski definition) is 6. The number of halogens is 1. The maximum Gasteiger partial charge on any atom is 0.268 e. The van der Waals surface area contributed by atoms with E-state index in [-0.39, 0.29) is 16.0 Å². The molecule has 1 fully saturated rings. The topological polar surface area (TPSA) is 88.6 Å². The molecular formula is C30H36FN3O4S. The molecule has 0 bridgehead atoms. The molecule has 1 aliphatic heterocycles. The van der Waals surface area contributed by atoms with Crippen LogP contribution in [-0.2, 0) is 10.0 Å². The number of amides is 1. The molecule has 3 aromatic rings. The zero-order chi connectivity index (χ0) is 28.4. The first kappa shape index (κ1) is 28.5. The second-order valence-electron chi connectivity index (χ2n) is 11.0. The van der Waals surface area contributed by atoms with E-state index in [4.69, 9.17) is 9.72 Å². The molecule has 9 heteroatoms. The van der Waals surface area contributed by atoms with Crippen molar-refractivity contribution in [1.29, 1.82) is 0 Å². The van der Waals surface area contributed by atoms with Gasteiger partial charge in [0, 0.05) is 23.7 Å². The SMILES string of the molecule is CCC(C)COc1cc(F)cc(-c2ccc(C(=O)NS(=O)(=O)c3ccccc3)c(N3C[C@@H](C)CC3(C)C)n2)c1. The number of sulfonamides is 1. The number of carbonyl (C=O) groups is 1. The van der Waals surface area contributed by atoms with Crippen molar-refractivity contribution in [2.75, 3.05) is 18.1 Å². The number of rotatable bonds is 9. The third-order valence-corrected chi connectivity index (χ3v) is 8.47. The average molecular weight is 554 g/mol. The molecule has 208 valence electrons. The Balaban J connectivity index is 1.75. The first-order valence-corrected chi connectivity index (χ1v) is 14.7. The van der Waals surface area contributed by atoms with Crippen molar-refractivity contribution in [2.24, 2.45) is 11.8 Å². The highest BCUT2D eigenvalue weighted by atomic mass is 32.2. The number of carbonyl (C=O) groups excluding carboxylic acids is 1. The number of pyridine rings is 1. The van der Waals surface area contributed by atoms with Crippen molar-refractivity contribution >= 4 is 21.7 Å². The van der Waals surface area contributed by atoms with Gasteiger partial charge in [-0.15, -0.1) is 0 Å². The lowest BCUT2D eigenvalue weighted by Gasteiger charge is -2.34. The maximum atomic E-state index is 14.6. The smallest absolute Gasteiger partial charge is 0.268 e. The zero-order valence-corrected chi connectivity index (χ0v) is 23.9. The van der Waals surface area contributed by atoms with Gasteiger partial charge in [-0.1, -0.05) is 45.4 Å². The molecule has 2 heterocycles. The predicted molar refractivity (Wildman–Crippen MR) is 151 cm³/mol. The highest BCUT2D eigenvalue weighted by Crippen LogP contribution is 2.38. The fraction of sp³-hybridized carbons (Fsp3) is 0.400. The van der Waals surface area contributed by atoms with E-state index in [0.717, 1.165) is 12.8 Å². The first-order valence-electron chi connectivity index (χ1n) is 13.2. The molecule has 1 N–H and O–H groups in total. The predicted octanol–water partition coefficient (Wildman–Crippen LogP) is 6.06. The summed E-state index contributed by atoms with van der Waals surface area (Å²) in [7, 11) is -4.09. The van der Waals surface area contributed by atoms with Gasteiger partial charge in [-0.25, -0.2) is 22.5 Å². The average Bonchev–Trinajstić information content (AvgIpc) is 3.18. The summed E-state index contributed by atoms with van der Waals surface area (Å²) in [6.07, 6.45) is 1.82. The number of anilines is 1. The van der Waals surface area contributed by atoms with Crippen LogP contribution in [0.25, 0.3) is 11.3 Å². The Kier molecular flexibility index (Phi) is 8.30. The van der Waals surface area contributed by atoms with Gasteiger partial charge in [0.25, 0.3) is 15.9 Å². The van der Waals surface area contributed by atoms with Crippen LogP contribution < -0.4 is 14.4 Å². The Bertz CT molecular complexity index is 1440. The zero-order valence-electron chi connectivity index (χ0n) is 23.1. The number of aromatic nitrogens is 1. The van der Waals surface area contributed by atoms with Crippen LogP contribution in [0.5, 0.6) is 5.75 Å². The van der Waals surface area contributed by atoms with Crippen LogP contribution in [0.1, 0.15) is 57.8 Å². The second-order valence-corrected chi connectivity index (χ2v) is 12.7. The lowest BCUT2D eigenvalue weighted by Crippen LogP contribution is -2.41. The summed E-state index contributed by atoms with van der Waals surface area (Å²) in [6, 6.07) is 15.3. The Morgan fingerprint density at radius 2 is 1.90 bits per heavy atom. The first-order chi connectivity index (χ1) is 18.4. The van der Waals surface area contributed by atoms with Gasteiger partial charge >= 0.3 is 0 Å². The van der Waals surface area contributed by atoms with E-state index in [2.05, 4.69) is 39.3 Å². The molecule has 1 unspecified atom stereocenters. The van der Waals surface area contributed by atoms with E-state index in [1.165, 1.54) is 24.3 Å². The van der Waals surface area contributed by atoms with Gasteiger partial charge in [0.1, 0.15) is 17.4 Å². The Morgan fingerprint density at radius 3 is 2.54 bits per heavy atom. The molecule has 1 saturated heterocycles. The fourth-order valence-electron chi connectivity index (χ4n) is 4.94. The Morgan fingerprint density at radius 1 is 1.18 bits per heavy atom. The van der Waals surface area contributed by atoms with E-state index < -0.39 is 21.7 Å². The molecule has 39 heavy (non-hydrogen) atoms. The largest absolute Gasteiger partial charge is 0.493 e. The summed E-state index contributed by atoms with van der Waals surface area (Å²) in [5, 5.41) is 0. The maximum absolute atomic E-state index is 14.6. The van der Waals surface area contributed by atoms with Crippen molar-refractivity contribution in [3.63, 3.8) is 0 Å². The van der Waals surface area contributed by atoms with Gasteiger partial charge in [-0.2, -0.15) is 0 Å². The molecule has 4 rings (SSSR count). The summed E-state index contributed by atoms with van der Waals surface area (Å²) in [4.78, 5) is 20.2. The van der Waals surface area contributed by atoms with Gasteiger partial charge in [0.2, 0.25) is 0 Å². The molecule has 1 aliphatic rings. The summed E-state index contributed by atoms with van der Waals surface area (Å²) in [5.41, 5.74) is 0.760. The molecule has 7 nitrogen and oxygen atoms in total. The van der Waals surface area contributed by atoms with Crippen molar-refractivity contribution in [3.05, 3.63) is 72.0 Å². The number of ether oxygens (including phenoxy) is 1. The molecule has 2 aromatic carbocycles. The molecule has 0 aliphatic carbocycles. The Hall–Kier alpha value is -3.46. The quantitative estimate of drug-likeness (QED) is 0.347. The van der Waals surface area contributed by atoms with E-state index in [1.54, 1.807) is 36.4 Å². The molecular weight excluding hydrogens is 517 g/mol. The fourth-order valence-corrected chi connectivity index (χ4v) is 5.92. The van der Waals surface area contributed by atoms with Crippen molar-refractivity contribution in [1.82, 2.24) is 9.71 Å². The molecule has 1 amide bonds. The molecule has 0 spiro atoms. The molecule has 0 saturated carbocycles. The van der Waals surface area contributed by atoms with Crippen molar-refractivity contribution < 1.29 is 22.3 Å². The lowest BCUT2D eigenvalue weighted by molar-refractivity contribution is 0.0981. The van der Waals surface area contributed by atoms with E-state index in [0.29, 0.717) is 47.8 Å². The molecule has 1 aromatic heterocycles. The molecule has 2 atom stereocenters. The van der Waals surface area contributed by atoms with Crippen molar-refractivity contribution in [2.45, 2.75) is 57.9 Å². The van der Waals surface area contributed by atoms with Gasteiger partial charge in [-0.3, -0.25) is 4.79 Å². The highest BCUT2D eigenvalue weighted by molar-refractivity contribution is 7.90. The van der Waals surface area contributed by atoms with Crippen LogP contribution in [0.15, 0.2) is 65.6 Å². The highest BCUT2D eigenvalue weighted by Gasteiger charge is 2.39. The summed E-state index contributed by atoms with van der Waals surface area (Å²) in [5.74, 6) is 0.185. The summed E-state index contributed by atoms with van der Waals surface area (Å²) in [6.45, 7) is 11.5. The Labute approximate surface area is 230 Å². The standard InChI is InChI=1S/C30H36FN3O4S/c1-6-20(2)19-38-24-15-22(14-23(31)16-24)27-13-12-26(28(32-27)34-18-21(3)17-30(34,4)5)29(35)33-39(36,37)25-10-8-7-9-11-25/h7-16,20-21H,6,17-19H2,1-5H3,(H,33,35)/t20?,21-/m0/s1. The third kappa shape index (κ3) is 6.58. The van der Waals surface area contributed by atoms with E-state index in [9.17, 15) is 17.6 Å². The van der Waals surface area contributed by atoms with Crippen molar-refractivity contribution in [3.8, 4) is 17.0 Å². The number of nitrogens with zero attached hydrogens (tertiary/aromatic N) is 2. The monoisotopic (exact) mass is 553 g/mol. The van der Waals surface area contributed by atoms with Crippen LogP contribution >= 0.6 is 0 Å². The second kappa shape index (κ2) is 11.3. The summed E-state index contributed by atoms with van der Waals surface area (Å²) < 4.78 is 48.4. The molecule has 0 radical (unpaired) electrons. The summed E-state index contributed by atoms with van der Waals surface area (Å²) >= 11 is 0. The number of nitrogens with one attached hydrogen (secondary N) is 1. The minimum Gasteiger partial charge on any atom is -0.493 e. The minimum atomic E-state index is -4.09. The van der Waals surface area contributed by atoms with Crippen LogP contribution in [0.3, 0.4) is 0 Å². The minimum absolute atomic E-state index is 0.00992. The van der Waals surface area contributed by atoms with Crippen LogP contribution in [-0.4, -0.2) is 38.0 Å². The normalized spacial score (nSPS) is 17.6. The van der Waals surface area contributed by atoms with Gasteiger partial charge in [0.15, 0.2) is 0 Å². The van der Waals surface area contributed by atoms with Gasteiger partial charge in [-0.05, 0) is 68.5 Å². The van der Waals surface area contributed by atoms with Gasteiger partial charge in [0.05, 0.1) is 22.8 Å². The van der Waals surface area contributed by atoms with E-state index in [1.807, 2.05) is 4.90 Å². The van der Waals surface area contributed by atoms with Crippen LogP contribution in [0.2, 0.25) is 0 Å². The number of benzene rings is 2. The third-order valence-electron chi connectivity index (χ3n) is 7.13. The van der Waals surface area contributed by atoms with E-state index >= 15 is 0 Å². The van der Waals surface area contributed by atoms with Crippen LogP contribution in [0, 0.1) is 17.7 Å².